The fourth-order valence-corrected chi connectivity index (χ4v) is 4.45. The van der Waals surface area contributed by atoms with E-state index in [2.05, 4.69) is 0 Å². The third-order valence-electron chi connectivity index (χ3n) is 6.21. The zero-order valence-electron chi connectivity index (χ0n) is 18.9. The molecule has 0 radical (unpaired) electrons. The minimum atomic E-state index is -0.995. The van der Waals surface area contributed by atoms with Gasteiger partial charge in [-0.25, -0.2) is 0 Å². The number of hydrogen-bond acceptors (Lipinski definition) is 6. The number of benzene rings is 2. The molecule has 2 atom stereocenters. The minimum Gasteiger partial charge on any atom is -0.493 e. The van der Waals surface area contributed by atoms with Crippen LogP contribution in [-0.4, -0.2) is 34.4 Å². The summed E-state index contributed by atoms with van der Waals surface area (Å²) in [6.07, 6.45) is 0. The van der Waals surface area contributed by atoms with Crippen LogP contribution in [0.3, 0.4) is 0 Å². The number of carbonyl (C=O) groups excluding carboxylic acids is 1. The van der Waals surface area contributed by atoms with Crippen molar-refractivity contribution in [3.05, 3.63) is 46.5 Å². The second-order valence-corrected chi connectivity index (χ2v) is 7.79. The molecule has 30 heavy (non-hydrogen) atoms. The lowest BCUT2D eigenvalue weighted by Gasteiger charge is -2.35. The minimum absolute atomic E-state index is 0.125. The molecule has 0 spiro atoms. The van der Waals surface area contributed by atoms with Crippen molar-refractivity contribution < 1.29 is 28.5 Å². The number of ether oxygens (including phenoxy) is 5. The molecule has 2 aromatic carbocycles. The Morgan fingerprint density at radius 2 is 1.20 bits per heavy atom. The van der Waals surface area contributed by atoms with Gasteiger partial charge in [0, 0.05) is 17.0 Å². The number of cyclic esters (lactones) is 1. The van der Waals surface area contributed by atoms with Crippen LogP contribution in [0.2, 0.25) is 0 Å². The summed E-state index contributed by atoms with van der Waals surface area (Å²) in [5, 5.41) is 0. The first kappa shape index (κ1) is 21.8. The van der Waals surface area contributed by atoms with Crippen molar-refractivity contribution in [2.45, 2.75) is 33.3 Å². The number of esters is 1. The van der Waals surface area contributed by atoms with Crippen LogP contribution in [0.5, 0.6) is 23.0 Å². The molecular formula is C24H30O6. The average Bonchev–Trinajstić information content (AvgIpc) is 2.97. The molecule has 1 fully saturated rings. The summed E-state index contributed by atoms with van der Waals surface area (Å²) in [4.78, 5) is 12.7. The lowest BCUT2D eigenvalue weighted by molar-refractivity contribution is -0.148. The highest BCUT2D eigenvalue weighted by atomic mass is 16.6. The molecule has 1 saturated heterocycles. The van der Waals surface area contributed by atoms with E-state index in [-0.39, 0.29) is 17.8 Å². The topological polar surface area (TPSA) is 63.2 Å². The molecular weight excluding hydrogens is 384 g/mol. The van der Waals surface area contributed by atoms with E-state index in [1.807, 2.05) is 52.0 Å². The maximum atomic E-state index is 12.7. The smallest absolute Gasteiger partial charge is 0.310 e. The SMILES string of the molecule is COc1cc(C2(c3cc(C)c(OC)c(OC)c3)OC(=O)C(C)C2C)cc(C)c1OC. The van der Waals surface area contributed by atoms with Crippen molar-refractivity contribution in [1.82, 2.24) is 0 Å². The van der Waals surface area contributed by atoms with Crippen LogP contribution in [0.1, 0.15) is 36.1 Å². The molecule has 2 unspecified atom stereocenters. The first-order valence-corrected chi connectivity index (χ1v) is 9.94. The lowest BCUT2D eigenvalue weighted by atomic mass is 9.73. The second kappa shape index (κ2) is 8.09. The van der Waals surface area contributed by atoms with Gasteiger partial charge in [0.1, 0.15) is 0 Å². The summed E-state index contributed by atoms with van der Waals surface area (Å²) in [7, 11) is 6.42. The largest absolute Gasteiger partial charge is 0.493 e. The van der Waals surface area contributed by atoms with Crippen LogP contribution in [-0.2, 0) is 15.1 Å². The zero-order chi connectivity index (χ0) is 22.2. The van der Waals surface area contributed by atoms with E-state index < -0.39 is 5.60 Å². The fourth-order valence-electron chi connectivity index (χ4n) is 4.45. The van der Waals surface area contributed by atoms with Gasteiger partial charge in [-0.05, 0) is 49.2 Å². The van der Waals surface area contributed by atoms with E-state index in [9.17, 15) is 4.79 Å². The van der Waals surface area contributed by atoms with Crippen LogP contribution in [0.15, 0.2) is 24.3 Å². The highest BCUT2D eigenvalue weighted by Gasteiger charge is 2.54. The van der Waals surface area contributed by atoms with Crippen LogP contribution >= 0.6 is 0 Å². The van der Waals surface area contributed by atoms with E-state index in [0.29, 0.717) is 23.0 Å². The normalized spacial score (nSPS) is 19.9. The van der Waals surface area contributed by atoms with Gasteiger partial charge in [-0.2, -0.15) is 0 Å². The Bertz CT molecular complexity index is 903. The van der Waals surface area contributed by atoms with Crippen molar-refractivity contribution in [2.24, 2.45) is 11.8 Å². The van der Waals surface area contributed by atoms with Gasteiger partial charge in [0.25, 0.3) is 0 Å². The number of rotatable bonds is 6. The van der Waals surface area contributed by atoms with Gasteiger partial charge in [-0.15, -0.1) is 0 Å². The maximum Gasteiger partial charge on any atom is 0.310 e. The highest BCUT2D eigenvalue weighted by molar-refractivity contribution is 5.77. The third kappa shape index (κ3) is 3.15. The molecule has 0 aliphatic carbocycles. The Kier molecular flexibility index (Phi) is 5.88. The van der Waals surface area contributed by atoms with Crippen LogP contribution in [0.4, 0.5) is 0 Å². The van der Waals surface area contributed by atoms with Crippen molar-refractivity contribution in [1.29, 1.82) is 0 Å². The zero-order valence-corrected chi connectivity index (χ0v) is 18.9. The molecule has 6 nitrogen and oxygen atoms in total. The first-order valence-electron chi connectivity index (χ1n) is 9.94. The van der Waals surface area contributed by atoms with Crippen molar-refractivity contribution in [2.75, 3.05) is 28.4 Å². The van der Waals surface area contributed by atoms with E-state index in [1.165, 1.54) is 0 Å². The van der Waals surface area contributed by atoms with E-state index in [4.69, 9.17) is 23.7 Å². The number of carbonyl (C=O) groups is 1. The van der Waals surface area contributed by atoms with Crippen LogP contribution < -0.4 is 18.9 Å². The monoisotopic (exact) mass is 414 g/mol. The molecule has 6 heteroatoms. The van der Waals surface area contributed by atoms with Gasteiger partial charge in [-0.1, -0.05) is 13.8 Å². The standard InChI is InChI=1S/C24H30O6/c1-13-9-17(11-19(26-5)21(13)28-7)24(16(4)15(3)23(25)30-24)18-10-14(2)22(29-8)20(12-18)27-6/h9-12,15-16H,1-8H3. The average molecular weight is 414 g/mol. The summed E-state index contributed by atoms with van der Waals surface area (Å²) in [6.45, 7) is 7.83. The quantitative estimate of drug-likeness (QED) is 0.653. The summed E-state index contributed by atoms with van der Waals surface area (Å²) >= 11 is 0. The Labute approximate surface area is 178 Å². The van der Waals surface area contributed by atoms with Crippen LogP contribution in [0, 0.1) is 25.7 Å². The summed E-state index contributed by atoms with van der Waals surface area (Å²) in [5.41, 5.74) is 2.45. The molecule has 0 amide bonds. The molecule has 162 valence electrons. The molecule has 0 aromatic heterocycles. The molecule has 3 rings (SSSR count). The fraction of sp³-hybridized carbons (Fsp3) is 0.458. The van der Waals surface area contributed by atoms with Gasteiger partial charge >= 0.3 is 5.97 Å². The Hall–Kier alpha value is -2.89. The Balaban J connectivity index is 2.35. The van der Waals surface area contributed by atoms with E-state index in [0.717, 1.165) is 22.3 Å². The third-order valence-corrected chi connectivity index (χ3v) is 6.21. The lowest BCUT2D eigenvalue weighted by Crippen LogP contribution is -2.34. The van der Waals surface area contributed by atoms with Gasteiger partial charge in [0.05, 0.1) is 34.4 Å². The first-order chi connectivity index (χ1) is 14.2. The van der Waals surface area contributed by atoms with Crippen molar-refractivity contribution in [3.63, 3.8) is 0 Å². The number of methoxy groups -OCH3 is 4. The van der Waals surface area contributed by atoms with E-state index >= 15 is 0 Å². The Morgan fingerprint density at radius 1 is 0.767 bits per heavy atom. The Morgan fingerprint density at radius 3 is 1.50 bits per heavy atom. The molecule has 0 N–H and O–H groups in total. The summed E-state index contributed by atoms with van der Waals surface area (Å²) < 4.78 is 28.4. The van der Waals surface area contributed by atoms with Gasteiger partial charge in [0.15, 0.2) is 28.6 Å². The molecule has 1 aliphatic rings. The second-order valence-electron chi connectivity index (χ2n) is 7.79. The molecule has 1 aliphatic heterocycles. The molecule has 1 heterocycles. The maximum absolute atomic E-state index is 12.7. The van der Waals surface area contributed by atoms with Crippen molar-refractivity contribution >= 4 is 5.97 Å². The molecule has 2 aromatic rings. The van der Waals surface area contributed by atoms with Crippen molar-refractivity contribution in [3.8, 4) is 23.0 Å². The predicted molar refractivity (Wildman–Crippen MR) is 114 cm³/mol. The summed E-state index contributed by atoms with van der Waals surface area (Å²) in [6, 6.07) is 7.77. The van der Waals surface area contributed by atoms with Gasteiger partial charge in [0.2, 0.25) is 0 Å². The number of hydrogen-bond donors (Lipinski definition) is 0. The molecule has 0 saturated carbocycles. The predicted octanol–water partition coefficient (Wildman–Crippen LogP) is 4.41. The van der Waals surface area contributed by atoms with E-state index in [1.54, 1.807) is 28.4 Å². The number of aryl methyl sites for hydroxylation is 2. The van der Waals surface area contributed by atoms with Crippen LogP contribution in [0.25, 0.3) is 0 Å². The summed E-state index contributed by atoms with van der Waals surface area (Å²) in [5.74, 6) is 1.86. The molecule has 0 bridgehead atoms. The highest BCUT2D eigenvalue weighted by Crippen LogP contribution is 2.52. The van der Waals surface area contributed by atoms with Gasteiger partial charge < -0.3 is 23.7 Å². The van der Waals surface area contributed by atoms with Gasteiger partial charge in [-0.3, -0.25) is 4.79 Å².